The number of carbonyl (C=O) groups is 1. The highest BCUT2D eigenvalue weighted by Gasteiger charge is 2.32. The molecule has 8 nitrogen and oxygen atoms in total. The maximum atomic E-state index is 12.0. The summed E-state index contributed by atoms with van der Waals surface area (Å²) in [6.45, 7) is 3.09. The van der Waals surface area contributed by atoms with Crippen LogP contribution in [0.4, 0.5) is 11.6 Å². The molecule has 0 aliphatic carbocycles. The Balaban J connectivity index is 2.46. The standard InChI is InChI=1S/C12H20N4O4S/c1-3-16-10(13)9(21(2,19)20)11(14-16)15-6-4-5-8(7-15)12(17)18/h8H,3-7,13H2,1-2H3,(H,17,18). The summed E-state index contributed by atoms with van der Waals surface area (Å²) in [4.78, 5) is 12.9. The van der Waals surface area contributed by atoms with Crippen LogP contribution in [0.25, 0.3) is 0 Å². The van der Waals surface area contributed by atoms with Gasteiger partial charge in [-0.05, 0) is 19.8 Å². The van der Waals surface area contributed by atoms with Gasteiger partial charge in [-0.2, -0.15) is 5.10 Å². The Hall–Kier alpha value is -1.77. The Labute approximate surface area is 123 Å². The summed E-state index contributed by atoms with van der Waals surface area (Å²) in [5.41, 5.74) is 5.88. The Morgan fingerprint density at radius 3 is 2.71 bits per heavy atom. The van der Waals surface area contributed by atoms with Crippen molar-refractivity contribution in [2.75, 3.05) is 30.0 Å². The van der Waals surface area contributed by atoms with E-state index < -0.39 is 21.7 Å². The number of rotatable bonds is 4. The summed E-state index contributed by atoms with van der Waals surface area (Å²) >= 11 is 0. The van der Waals surface area contributed by atoms with Gasteiger partial charge in [-0.1, -0.05) is 0 Å². The zero-order valence-electron chi connectivity index (χ0n) is 12.1. The van der Waals surface area contributed by atoms with Crippen molar-refractivity contribution >= 4 is 27.4 Å². The van der Waals surface area contributed by atoms with Crippen LogP contribution >= 0.6 is 0 Å². The van der Waals surface area contributed by atoms with Crippen LogP contribution in [0.15, 0.2) is 4.90 Å². The van der Waals surface area contributed by atoms with Crippen LogP contribution in [0.3, 0.4) is 0 Å². The molecule has 1 saturated heterocycles. The summed E-state index contributed by atoms with van der Waals surface area (Å²) < 4.78 is 25.4. The third-order valence-electron chi connectivity index (χ3n) is 3.67. The maximum Gasteiger partial charge on any atom is 0.308 e. The second-order valence-corrected chi connectivity index (χ2v) is 7.20. The lowest BCUT2D eigenvalue weighted by Gasteiger charge is -2.31. The molecule has 0 bridgehead atoms. The first-order valence-electron chi connectivity index (χ1n) is 6.79. The second kappa shape index (κ2) is 5.55. The number of anilines is 2. The van der Waals surface area contributed by atoms with Gasteiger partial charge in [0.05, 0.1) is 5.92 Å². The molecule has 1 aliphatic heterocycles. The molecule has 0 spiro atoms. The van der Waals surface area contributed by atoms with E-state index in [0.29, 0.717) is 25.9 Å². The minimum Gasteiger partial charge on any atom is -0.481 e. The van der Waals surface area contributed by atoms with Crippen LogP contribution in [0.2, 0.25) is 0 Å². The average molecular weight is 316 g/mol. The average Bonchev–Trinajstić information content (AvgIpc) is 2.75. The lowest BCUT2D eigenvalue weighted by Crippen LogP contribution is -2.39. The maximum absolute atomic E-state index is 12.0. The van der Waals surface area contributed by atoms with Crippen molar-refractivity contribution in [2.45, 2.75) is 31.2 Å². The fourth-order valence-electron chi connectivity index (χ4n) is 2.62. The van der Waals surface area contributed by atoms with Crippen molar-refractivity contribution in [1.29, 1.82) is 0 Å². The fourth-order valence-corrected chi connectivity index (χ4v) is 3.61. The Bertz CT molecular complexity index is 652. The summed E-state index contributed by atoms with van der Waals surface area (Å²) in [5, 5.41) is 13.4. The third kappa shape index (κ3) is 2.97. The molecular formula is C12H20N4O4S. The molecule has 1 atom stereocenters. The molecule has 2 rings (SSSR count). The van der Waals surface area contributed by atoms with E-state index in [-0.39, 0.29) is 23.1 Å². The number of piperidine rings is 1. The van der Waals surface area contributed by atoms with Gasteiger partial charge < -0.3 is 15.7 Å². The molecule has 1 aromatic rings. The largest absolute Gasteiger partial charge is 0.481 e. The number of nitrogens with two attached hydrogens (primary N) is 1. The van der Waals surface area contributed by atoms with Crippen LogP contribution in [-0.4, -0.2) is 48.6 Å². The summed E-state index contributed by atoms with van der Waals surface area (Å²) in [5.74, 6) is -1.02. The lowest BCUT2D eigenvalue weighted by atomic mass is 9.98. The van der Waals surface area contributed by atoms with E-state index in [1.54, 1.807) is 4.90 Å². The van der Waals surface area contributed by atoms with Crippen molar-refractivity contribution in [3.63, 3.8) is 0 Å². The number of aryl methyl sites for hydroxylation is 1. The van der Waals surface area contributed by atoms with E-state index in [4.69, 9.17) is 10.8 Å². The molecule has 3 N–H and O–H groups in total. The zero-order valence-corrected chi connectivity index (χ0v) is 12.9. The summed E-state index contributed by atoms with van der Waals surface area (Å²) in [6, 6.07) is 0. The Morgan fingerprint density at radius 2 is 2.19 bits per heavy atom. The molecule has 0 amide bonds. The number of hydrogen-bond acceptors (Lipinski definition) is 6. The molecule has 1 fully saturated rings. The smallest absolute Gasteiger partial charge is 0.308 e. The SMILES string of the molecule is CCn1nc(N2CCCC(C(=O)O)C2)c(S(C)(=O)=O)c1N. The molecule has 1 unspecified atom stereocenters. The highest BCUT2D eigenvalue weighted by molar-refractivity contribution is 7.91. The van der Waals surface area contributed by atoms with E-state index in [2.05, 4.69) is 5.10 Å². The number of carboxylic acid groups (broad SMARTS) is 1. The van der Waals surface area contributed by atoms with Gasteiger partial charge in [0.15, 0.2) is 20.6 Å². The van der Waals surface area contributed by atoms with Crippen molar-refractivity contribution in [2.24, 2.45) is 5.92 Å². The van der Waals surface area contributed by atoms with Gasteiger partial charge in [-0.25, -0.2) is 13.1 Å². The van der Waals surface area contributed by atoms with E-state index in [1.807, 2.05) is 6.92 Å². The molecular weight excluding hydrogens is 296 g/mol. The summed E-state index contributed by atoms with van der Waals surface area (Å²) in [6.07, 6.45) is 2.35. The number of aromatic nitrogens is 2. The quantitative estimate of drug-likeness (QED) is 0.813. The van der Waals surface area contributed by atoms with Crippen molar-refractivity contribution in [3.05, 3.63) is 0 Å². The van der Waals surface area contributed by atoms with Crippen molar-refractivity contribution in [1.82, 2.24) is 9.78 Å². The van der Waals surface area contributed by atoms with Crippen molar-refractivity contribution in [3.8, 4) is 0 Å². The molecule has 0 radical (unpaired) electrons. The molecule has 21 heavy (non-hydrogen) atoms. The van der Waals surface area contributed by atoms with Crippen LogP contribution in [-0.2, 0) is 21.2 Å². The van der Waals surface area contributed by atoms with Crippen LogP contribution in [0.1, 0.15) is 19.8 Å². The Kier molecular flexibility index (Phi) is 4.13. The van der Waals surface area contributed by atoms with Gasteiger partial charge in [-0.15, -0.1) is 0 Å². The monoisotopic (exact) mass is 316 g/mol. The molecule has 1 aliphatic rings. The third-order valence-corrected chi connectivity index (χ3v) is 4.80. The topological polar surface area (TPSA) is 119 Å². The normalized spacial score (nSPS) is 19.7. The zero-order chi connectivity index (χ0) is 15.8. The fraction of sp³-hybridized carbons (Fsp3) is 0.667. The lowest BCUT2D eigenvalue weighted by molar-refractivity contribution is -0.141. The highest BCUT2D eigenvalue weighted by Crippen LogP contribution is 2.32. The molecule has 9 heteroatoms. The highest BCUT2D eigenvalue weighted by atomic mass is 32.2. The minimum absolute atomic E-state index is 0.00427. The predicted octanol–water partition coefficient (Wildman–Crippen LogP) is 0.190. The van der Waals surface area contributed by atoms with Crippen LogP contribution in [0.5, 0.6) is 0 Å². The van der Waals surface area contributed by atoms with E-state index in [9.17, 15) is 13.2 Å². The minimum atomic E-state index is -3.54. The van der Waals surface area contributed by atoms with Gasteiger partial charge >= 0.3 is 5.97 Å². The second-order valence-electron chi connectivity index (χ2n) is 5.25. The van der Waals surface area contributed by atoms with Gasteiger partial charge in [0.25, 0.3) is 0 Å². The first-order valence-corrected chi connectivity index (χ1v) is 8.69. The molecule has 1 aromatic heterocycles. The number of aliphatic carboxylic acids is 1. The molecule has 118 valence electrons. The van der Waals surface area contributed by atoms with Gasteiger partial charge in [0.2, 0.25) is 0 Å². The van der Waals surface area contributed by atoms with Crippen LogP contribution in [0, 0.1) is 5.92 Å². The summed E-state index contributed by atoms with van der Waals surface area (Å²) in [7, 11) is -3.54. The number of nitrogens with zero attached hydrogens (tertiary/aromatic N) is 3. The predicted molar refractivity (Wildman–Crippen MR) is 78.0 cm³/mol. The van der Waals surface area contributed by atoms with Gasteiger partial charge in [0, 0.05) is 25.9 Å². The molecule has 2 heterocycles. The number of carboxylic acids is 1. The molecule has 0 aromatic carbocycles. The first kappa shape index (κ1) is 15.6. The van der Waals surface area contributed by atoms with Crippen molar-refractivity contribution < 1.29 is 18.3 Å². The van der Waals surface area contributed by atoms with Gasteiger partial charge in [0.1, 0.15) is 5.82 Å². The number of hydrogen-bond donors (Lipinski definition) is 2. The first-order chi connectivity index (χ1) is 9.75. The van der Waals surface area contributed by atoms with Crippen LogP contribution < -0.4 is 10.6 Å². The van der Waals surface area contributed by atoms with E-state index >= 15 is 0 Å². The Morgan fingerprint density at radius 1 is 1.52 bits per heavy atom. The van der Waals surface area contributed by atoms with E-state index in [1.165, 1.54) is 4.68 Å². The van der Waals surface area contributed by atoms with E-state index in [0.717, 1.165) is 6.26 Å². The molecule has 0 saturated carbocycles. The number of sulfone groups is 1. The van der Waals surface area contributed by atoms with Gasteiger partial charge in [-0.3, -0.25) is 4.79 Å². The number of nitrogen functional groups attached to an aromatic ring is 1.